The van der Waals surface area contributed by atoms with E-state index in [2.05, 4.69) is 26.1 Å². The van der Waals surface area contributed by atoms with Crippen LogP contribution in [0.2, 0.25) is 0 Å². The number of rotatable bonds is 7. The highest BCUT2D eigenvalue weighted by atomic mass is 32.2. The molecule has 1 aromatic rings. The van der Waals surface area contributed by atoms with Gasteiger partial charge in [0.25, 0.3) is 16.0 Å². The third-order valence-corrected chi connectivity index (χ3v) is 4.83. The Hall–Kier alpha value is -2.50. The molecule has 1 fully saturated rings. The largest absolute Gasteiger partial charge is 0.343 e. The van der Waals surface area contributed by atoms with E-state index in [-0.39, 0.29) is 17.9 Å². The first-order valence-electron chi connectivity index (χ1n) is 10.3. The molecule has 0 aromatic heterocycles. The van der Waals surface area contributed by atoms with Crippen LogP contribution in [0.15, 0.2) is 29.4 Å². The van der Waals surface area contributed by atoms with Crippen LogP contribution in [0.3, 0.4) is 0 Å². The van der Waals surface area contributed by atoms with Gasteiger partial charge in [-0.2, -0.15) is 13.5 Å². The monoisotopic (exact) mass is 453 g/mol. The van der Waals surface area contributed by atoms with Crippen molar-refractivity contribution in [2.45, 2.75) is 44.6 Å². The lowest BCUT2D eigenvalue weighted by atomic mass is 9.99. The Kier molecular flexibility index (Phi) is 9.41. The van der Waals surface area contributed by atoms with Crippen LogP contribution in [-0.2, 0) is 19.7 Å². The number of nitrogens with one attached hydrogen (secondary N) is 3. The average molecular weight is 454 g/mol. The number of hydrazone groups is 1. The molecule has 1 atom stereocenters. The number of piperidine rings is 1. The fourth-order valence-corrected chi connectivity index (χ4v) is 3.48. The zero-order valence-corrected chi connectivity index (χ0v) is 18.7. The van der Waals surface area contributed by atoms with Crippen molar-refractivity contribution in [1.29, 1.82) is 0 Å². The molecular formula is C20H31N5O5S. The molecule has 4 N–H and O–H groups in total. The molecule has 1 aromatic carbocycles. The van der Waals surface area contributed by atoms with Crippen LogP contribution >= 0.6 is 0 Å². The number of nitrogens with zero attached hydrogens (tertiary/aromatic N) is 2. The van der Waals surface area contributed by atoms with Crippen molar-refractivity contribution in [2.75, 3.05) is 31.7 Å². The standard InChI is InChI=1S/C19H27N5O2.CH4O3S/c1-20-11-4-2-10-17(25)21-15-8-6-7-14(13-15)18-22-23-19(26)16-9-3-5-12-24(16)18;1-5(2,3)4/h6-8,13,16,20H,2-5,9-12H2,1H3,(H,21,25)(H,23,26);1H3,(H,2,3,4). The van der Waals surface area contributed by atoms with Crippen molar-refractivity contribution in [3.63, 3.8) is 0 Å². The van der Waals surface area contributed by atoms with Crippen molar-refractivity contribution < 1.29 is 22.6 Å². The molecule has 0 aliphatic carbocycles. The lowest BCUT2D eigenvalue weighted by molar-refractivity contribution is -0.126. The molecule has 10 nitrogen and oxygen atoms in total. The van der Waals surface area contributed by atoms with Gasteiger partial charge >= 0.3 is 0 Å². The Morgan fingerprint density at radius 2 is 2.06 bits per heavy atom. The molecule has 0 spiro atoms. The Balaban J connectivity index is 0.000000614. The first-order valence-corrected chi connectivity index (χ1v) is 12.2. The second kappa shape index (κ2) is 11.8. The summed E-state index contributed by atoms with van der Waals surface area (Å²) in [7, 11) is -1.76. The summed E-state index contributed by atoms with van der Waals surface area (Å²) in [6, 6.07) is 7.54. The van der Waals surface area contributed by atoms with Crippen LogP contribution in [-0.4, -0.2) is 68.0 Å². The number of benzene rings is 1. The van der Waals surface area contributed by atoms with Gasteiger partial charge in [0.05, 0.1) is 6.26 Å². The third-order valence-electron chi connectivity index (χ3n) is 4.83. The highest BCUT2D eigenvalue weighted by molar-refractivity contribution is 7.85. The average Bonchev–Trinajstić information content (AvgIpc) is 2.71. The number of amides is 2. The molecular weight excluding hydrogens is 422 g/mol. The van der Waals surface area contributed by atoms with Gasteiger partial charge in [-0.05, 0) is 57.8 Å². The lowest BCUT2D eigenvalue weighted by Crippen LogP contribution is -2.55. The minimum absolute atomic E-state index is 0.0213. The maximum Gasteiger partial charge on any atom is 0.262 e. The number of fused-ring (bicyclic) bond motifs is 1. The van der Waals surface area contributed by atoms with Crippen LogP contribution < -0.4 is 16.1 Å². The van der Waals surface area contributed by atoms with Crippen molar-refractivity contribution in [3.8, 4) is 0 Å². The third kappa shape index (κ3) is 8.64. The number of hydrogen-bond acceptors (Lipinski definition) is 7. The predicted octanol–water partition coefficient (Wildman–Crippen LogP) is 1.16. The Morgan fingerprint density at radius 3 is 2.77 bits per heavy atom. The van der Waals surface area contributed by atoms with E-state index in [4.69, 9.17) is 4.55 Å². The summed E-state index contributed by atoms with van der Waals surface area (Å²) in [4.78, 5) is 26.2. The van der Waals surface area contributed by atoms with Gasteiger partial charge in [-0.3, -0.25) is 14.1 Å². The number of unbranched alkanes of at least 4 members (excludes halogenated alkanes) is 1. The molecule has 0 saturated carbocycles. The Morgan fingerprint density at radius 1 is 1.32 bits per heavy atom. The number of carbonyl (C=O) groups excluding carboxylic acids is 2. The normalized spacial score (nSPS) is 18.2. The molecule has 2 aliphatic heterocycles. The molecule has 2 amide bonds. The lowest BCUT2D eigenvalue weighted by Gasteiger charge is -2.39. The maximum absolute atomic E-state index is 12.1. The second-order valence-electron chi connectivity index (χ2n) is 7.54. The van der Waals surface area contributed by atoms with Crippen LogP contribution in [0.1, 0.15) is 44.1 Å². The topological polar surface area (TPSA) is 140 Å². The smallest absolute Gasteiger partial charge is 0.262 e. The van der Waals surface area contributed by atoms with Gasteiger partial charge in [-0.15, -0.1) is 0 Å². The molecule has 2 aliphatic rings. The number of amidine groups is 1. The maximum atomic E-state index is 12.1. The summed E-state index contributed by atoms with van der Waals surface area (Å²) in [5, 5.41) is 10.3. The molecule has 1 unspecified atom stereocenters. The van der Waals surface area contributed by atoms with Gasteiger partial charge in [-0.1, -0.05) is 12.1 Å². The quantitative estimate of drug-likeness (QED) is 0.359. The van der Waals surface area contributed by atoms with E-state index >= 15 is 0 Å². The van der Waals surface area contributed by atoms with Crippen molar-refractivity contribution in [1.82, 2.24) is 15.6 Å². The van der Waals surface area contributed by atoms with Crippen molar-refractivity contribution >= 4 is 33.5 Å². The Labute approximate surface area is 183 Å². The zero-order chi connectivity index (χ0) is 22.9. The van der Waals surface area contributed by atoms with E-state index in [9.17, 15) is 18.0 Å². The van der Waals surface area contributed by atoms with E-state index < -0.39 is 10.1 Å². The SMILES string of the molecule is CNCCCCC(=O)Nc1cccc(C2=NNC(=O)C3CCCCN23)c1.CS(=O)(=O)O. The summed E-state index contributed by atoms with van der Waals surface area (Å²) in [5.74, 6) is 0.770. The zero-order valence-electron chi connectivity index (χ0n) is 17.9. The van der Waals surface area contributed by atoms with Gasteiger partial charge in [-0.25, -0.2) is 5.43 Å². The van der Waals surface area contributed by atoms with Crippen molar-refractivity contribution in [2.24, 2.45) is 5.10 Å². The van der Waals surface area contributed by atoms with Crippen molar-refractivity contribution in [3.05, 3.63) is 29.8 Å². The molecule has 31 heavy (non-hydrogen) atoms. The van der Waals surface area contributed by atoms with E-state index in [1.165, 1.54) is 0 Å². The summed E-state index contributed by atoms with van der Waals surface area (Å²) >= 11 is 0. The predicted molar refractivity (Wildman–Crippen MR) is 119 cm³/mol. The first kappa shape index (κ1) is 24.8. The van der Waals surface area contributed by atoms with Crippen LogP contribution in [0.5, 0.6) is 0 Å². The second-order valence-corrected chi connectivity index (χ2v) is 9.01. The molecule has 172 valence electrons. The molecule has 1 saturated heterocycles. The minimum atomic E-state index is -3.67. The molecule has 3 rings (SSSR count). The highest BCUT2D eigenvalue weighted by Crippen LogP contribution is 2.24. The number of carbonyl (C=O) groups is 2. The molecule has 0 radical (unpaired) electrons. The fraction of sp³-hybridized carbons (Fsp3) is 0.550. The van der Waals surface area contributed by atoms with Gasteiger partial charge in [0.1, 0.15) is 6.04 Å². The summed E-state index contributed by atoms with van der Waals surface area (Å²) in [5.41, 5.74) is 4.31. The number of hydrogen-bond donors (Lipinski definition) is 4. The van der Waals surface area contributed by atoms with Gasteiger partial charge < -0.3 is 15.5 Å². The fourth-order valence-electron chi connectivity index (χ4n) is 3.48. The van der Waals surface area contributed by atoms with Crippen LogP contribution in [0.25, 0.3) is 0 Å². The summed E-state index contributed by atoms with van der Waals surface area (Å²) < 4.78 is 25.9. The highest BCUT2D eigenvalue weighted by Gasteiger charge is 2.34. The molecule has 11 heteroatoms. The Bertz CT molecular complexity index is 895. The summed E-state index contributed by atoms with van der Waals surface area (Å²) in [6.45, 7) is 1.75. The van der Waals surface area contributed by atoms with Gasteiger partial charge in [0.15, 0.2) is 5.84 Å². The van der Waals surface area contributed by atoms with Crippen LogP contribution in [0.4, 0.5) is 5.69 Å². The molecule has 2 heterocycles. The van der Waals surface area contributed by atoms with Crippen LogP contribution in [0, 0.1) is 0 Å². The van der Waals surface area contributed by atoms with E-state index in [0.717, 1.165) is 62.3 Å². The van der Waals surface area contributed by atoms with E-state index in [1.807, 2.05) is 31.3 Å². The van der Waals surface area contributed by atoms with E-state index in [0.29, 0.717) is 12.7 Å². The van der Waals surface area contributed by atoms with Gasteiger partial charge in [0.2, 0.25) is 5.91 Å². The minimum Gasteiger partial charge on any atom is -0.343 e. The first-order chi connectivity index (χ1) is 14.7. The van der Waals surface area contributed by atoms with E-state index in [1.54, 1.807) is 0 Å². The summed E-state index contributed by atoms with van der Waals surface area (Å²) in [6.07, 6.45) is 6.05. The number of anilines is 1. The van der Waals surface area contributed by atoms with Gasteiger partial charge in [0, 0.05) is 24.2 Å². The molecule has 0 bridgehead atoms.